The van der Waals surface area contributed by atoms with E-state index in [1.807, 2.05) is 24.3 Å². The number of sulfone groups is 1. The topological polar surface area (TPSA) is 80.3 Å². The average Bonchev–Trinajstić information content (AvgIpc) is 2.78. The zero-order chi connectivity index (χ0) is 20.9. The van der Waals surface area contributed by atoms with Gasteiger partial charge in [0.2, 0.25) is 9.84 Å². The van der Waals surface area contributed by atoms with Crippen molar-refractivity contribution in [3.63, 3.8) is 0 Å². The molecule has 3 aromatic rings. The maximum absolute atomic E-state index is 13.1. The molecule has 30 heavy (non-hydrogen) atoms. The first-order valence-corrected chi connectivity index (χ1v) is 12.0. The number of thioether (sulfide) groups is 1. The summed E-state index contributed by atoms with van der Waals surface area (Å²) in [7, 11) is -3.88. The molecule has 1 amide bonds. The molecular weight excluding hydrogens is 418 g/mol. The van der Waals surface area contributed by atoms with Crippen LogP contribution in [0.5, 0.6) is 0 Å². The number of hydrogen-bond donors (Lipinski definition) is 1. The minimum Gasteiger partial charge on any atom is -0.345 e. The quantitative estimate of drug-likeness (QED) is 0.514. The molecule has 3 aromatic carbocycles. The first kappa shape index (κ1) is 19.1. The molecule has 2 aliphatic heterocycles. The number of rotatable bonds is 2. The molecule has 0 unspecified atom stereocenters. The van der Waals surface area contributed by atoms with Crippen LogP contribution in [0.2, 0.25) is 0 Å². The van der Waals surface area contributed by atoms with Crippen molar-refractivity contribution in [3.8, 4) is 0 Å². The second-order valence-corrected chi connectivity index (χ2v) is 10.3. The number of carbonyl (C=O) groups is 2. The molecule has 7 heteroatoms. The van der Waals surface area contributed by atoms with E-state index in [4.69, 9.17) is 0 Å². The van der Waals surface area contributed by atoms with Gasteiger partial charge in [-0.05, 0) is 48.4 Å². The van der Waals surface area contributed by atoms with Gasteiger partial charge in [-0.3, -0.25) is 9.59 Å². The fraction of sp³-hybridized carbons (Fsp3) is 0.130. The van der Waals surface area contributed by atoms with Crippen molar-refractivity contribution in [2.24, 2.45) is 0 Å². The molecule has 0 bridgehead atoms. The van der Waals surface area contributed by atoms with Crippen LogP contribution in [0.4, 0.5) is 0 Å². The Morgan fingerprint density at radius 1 is 0.933 bits per heavy atom. The Balaban J connectivity index is 1.50. The van der Waals surface area contributed by atoms with Gasteiger partial charge in [0.05, 0.1) is 15.8 Å². The minimum absolute atomic E-state index is 0.0155. The van der Waals surface area contributed by atoms with E-state index >= 15 is 0 Å². The highest BCUT2D eigenvalue weighted by molar-refractivity contribution is 7.99. The van der Waals surface area contributed by atoms with Gasteiger partial charge in [0.1, 0.15) is 0 Å². The smallest absolute Gasteiger partial charge is 0.251 e. The molecule has 0 fully saturated rings. The van der Waals surface area contributed by atoms with Gasteiger partial charge in [-0.25, -0.2) is 8.42 Å². The van der Waals surface area contributed by atoms with E-state index in [0.29, 0.717) is 0 Å². The summed E-state index contributed by atoms with van der Waals surface area (Å²) in [6, 6.07) is 18.2. The van der Waals surface area contributed by atoms with Crippen LogP contribution in [0, 0.1) is 0 Å². The fourth-order valence-corrected chi connectivity index (χ4v) is 6.76. The van der Waals surface area contributed by atoms with Crippen LogP contribution in [0.3, 0.4) is 0 Å². The zero-order valence-electron chi connectivity index (χ0n) is 15.8. The number of carbonyl (C=O) groups excluding carboxylic acids is 2. The minimum atomic E-state index is -3.88. The van der Waals surface area contributed by atoms with Crippen LogP contribution in [-0.2, 0) is 9.84 Å². The number of benzene rings is 3. The van der Waals surface area contributed by atoms with Crippen molar-refractivity contribution < 1.29 is 18.0 Å². The van der Waals surface area contributed by atoms with Crippen LogP contribution < -0.4 is 5.32 Å². The number of amides is 1. The van der Waals surface area contributed by atoms with Gasteiger partial charge in [0, 0.05) is 27.3 Å². The van der Waals surface area contributed by atoms with Crippen molar-refractivity contribution >= 4 is 33.3 Å². The van der Waals surface area contributed by atoms with E-state index in [1.165, 1.54) is 30.3 Å². The normalized spacial score (nSPS) is 18.7. The highest BCUT2D eigenvalue weighted by Crippen LogP contribution is 2.37. The van der Waals surface area contributed by atoms with Gasteiger partial charge in [-0.2, -0.15) is 0 Å². The molecule has 0 aliphatic carbocycles. The Kier molecular flexibility index (Phi) is 4.52. The van der Waals surface area contributed by atoms with Gasteiger partial charge < -0.3 is 5.32 Å². The summed E-state index contributed by atoms with van der Waals surface area (Å²) in [6.45, 7) is 0. The van der Waals surface area contributed by atoms with Crippen molar-refractivity contribution in [1.29, 1.82) is 0 Å². The lowest BCUT2D eigenvalue weighted by molar-refractivity contribution is 0.0933. The van der Waals surface area contributed by atoms with E-state index in [0.717, 1.165) is 22.6 Å². The zero-order valence-corrected chi connectivity index (χ0v) is 17.4. The summed E-state index contributed by atoms with van der Waals surface area (Å²) >= 11 is 1.76. The highest BCUT2D eigenvalue weighted by Gasteiger charge is 2.35. The second-order valence-electron chi connectivity index (χ2n) is 7.24. The largest absolute Gasteiger partial charge is 0.345 e. The third-order valence-corrected chi connectivity index (χ3v) is 8.44. The highest BCUT2D eigenvalue weighted by atomic mass is 32.2. The Labute approximate surface area is 178 Å². The molecule has 5 rings (SSSR count). The predicted octanol–water partition coefficient (Wildman–Crippen LogP) is 4.03. The van der Waals surface area contributed by atoms with Crippen molar-refractivity contribution in [2.75, 3.05) is 5.75 Å². The van der Waals surface area contributed by atoms with Gasteiger partial charge in [0.25, 0.3) is 5.91 Å². The monoisotopic (exact) mass is 435 g/mol. The summed E-state index contributed by atoms with van der Waals surface area (Å²) in [5.41, 5.74) is 1.56. The summed E-state index contributed by atoms with van der Waals surface area (Å²) in [5, 5.41) is 3.02. The molecule has 0 radical (unpaired) electrons. The first-order valence-electron chi connectivity index (χ1n) is 9.52. The molecule has 1 N–H and O–H groups in total. The lowest BCUT2D eigenvalue weighted by Crippen LogP contribution is -2.31. The summed E-state index contributed by atoms with van der Waals surface area (Å²) in [5.74, 6) is 0.192. The molecule has 0 spiro atoms. The van der Waals surface area contributed by atoms with E-state index in [2.05, 4.69) is 5.32 Å². The Bertz CT molecular complexity index is 1310. The Morgan fingerprint density at radius 2 is 1.67 bits per heavy atom. The second kappa shape index (κ2) is 7.11. The molecule has 1 atom stereocenters. The van der Waals surface area contributed by atoms with Crippen LogP contribution in [0.25, 0.3) is 0 Å². The van der Waals surface area contributed by atoms with Gasteiger partial charge in [0.15, 0.2) is 5.78 Å². The molecule has 0 saturated carbocycles. The number of hydrogen-bond acceptors (Lipinski definition) is 5. The fourth-order valence-electron chi connectivity index (χ4n) is 3.96. The third kappa shape index (κ3) is 2.97. The van der Waals surface area contributed by atoms with E-state index < -0.39 is 9.84 Å². The standard InChI is InChI=1S/C23H17NO4S2/c25-22-16-6-2-4-8-20(16)30(27,28)21-13-14(9-10-17(21)22)23(26)24-18-11-12-29-19-7-3-1-5-15(18)19/h1-10,13,18H,11-12H2,(H,24,26)/t18-/m1/s1. The SMILES string of the molecule is O=C(N[C@@H]1CCSc2ccccc21)c1ccc2c(c1)S(=O)(=O)c1ccccc1C2=O. The molecule has 2 heterocycles. The summed E-state index contributed by atoms with van der Waals surface area (Å²) < 4.78 is 26.2. The number of ketones is 1. The van der Waals surface area contributed by atoms with Crippen molar-refractivity contribution in [2.45, 2.75) is 27.1 Å². The lowest BCUT2D eigenvalue weighted by atomic mass is 10.00. The molecule has 2 aliphatic rings. The molecule has 5 nitrogen and oxygen atoms in total. The molecule has 0 aromatic heterocycles. The maximum Gasteiger partial charge on any atom is 0.251 e. The van der Waals surface area contributed by atoms with Crippen molar-refractivity contribution in [3.05, 3.63) is 89.0 Å². The Hall–Kier alpha value is -2.90. The predicted molar refractivity (Wildman–Crippen MR) is 114 cm³/mol. The molecule has 0 saturated heterocycles. The molecule has 150 valence electrons. The lowest BCUT2D eigenvalue weighted by Gasteiger charge is -2.26. The van der Waals surface area contributed by atoms with Gasteiger partial charge in [-0.15, -0.1) is 11.8 Å². The van der Waals surface area contributed by atoms with Crippen LogP contribution >= 0.6 is 11.8 Å². The van der Waals surface area contributed by atoms with Crippen molar-refractivity contribution in [1.82, 2.24) is 5.32 Å². The van der Waals surface area contributed by atoms with Gasteiger partial charge >= 0.3 is 0 Å². The maximum atomic E-state index is 13.1. The molecular formula is C23H17NO4S2. The van der Waals surface area contributed by atoms with Crippen LogP contribution in [-0.4, -0.2) is 25.9 Å². The van der Waals surface area contributed by atoms with Crippen LogP contribution in [0.1, 0.15) is 44.3 Å². The van der Waals surface area contributed by atoms with Gasteiger partial charge in [-0.1, -0.05) is 30.3 Å². The summed E-state index contributed by atoms with van der Waals surface area (Å²) in [4.78, 5) is 26.7. The van der Waals surface area contributed by atoms with E-state index in [-0.39, 0.29) is 44.2 Å². The summed E-state index contributed by atoms with van der Waals surface area (Å²) in [6.07, 6.45) is 0.794. The van der Waals surface area contributed by atoms with E-state index in [9.17, 15) is 18.0 Å². The Morgan fingerprint density at radius 3 is 2.53 bits per heavy atom. The average molecular weight is 436 g/mol. The van der Waals surface area contributed by atoms with Crippen LogP contribution in [0.15, 0.2) is 81.4 Å². The number of fused-ring (bicyclic) bond motifs is 3. The third-order valence-electron chi connectivity index (χ3n) is 5.46. The van der Waals surface area contributed by atoms with E-state index in [1.54, 1.807) is 23.9 Å². The first-order chi connectivity index (χ1) is 14.5. The number of nitrogens with one attached hydrogen (secondary N) is 1.